The molecular weight excluding hydrogens is 354 g/mol. The number of aromatic nitrogens is 3. The molecule has 1 aliphatic heterocycles. The van der Waals surface area contributed by atoms with E-state index in [2.05, 4.69) is 10.2 Å². The van der Waals surface area contributed by atoms with Gasteiger partial charge in [-0.2, -0.15) is 0 Å². The van der Waals surface area contributed by atoms with Gasteiger partial charge in [0.05, 0.1) is 12.4 Å². The van der Waals surface area contributed by atoms with E-state index in [1.807, 2.05) is 34.9 Å². The van der Waals surface area contributed by atoms with Gasteiger partial charge in [-0.25, -0.2) is 4.79 Å². The third kappa shape index (κ3) is 4.34. The molecular formula is C17H21N5O3S. The first kappa shape index (κ1) is 18.2. The molecule has 1 fully saturated rings. The minimum absolute atomic E-state index is 0.0288. The van der Waals surface area contributed by atoms with Gasteiger partial charge in [0.15, 0.2) is 5.16 Å². The van der Waals surface area contributed by atoms with Crippen molar-refractivity contribution in [3.8, 4) is 5.69 Å². The first-order valence-corrected chi connectivity index (χ1v) is 9.45. The smallest absolute Gasteiger partial charge is 0.409 e. The second-order valence-electron chi connectivity index (χ2n) is 5.67. The highest BCUT2D eigenvalue weighted by Gasteiger charge is 2.25. The number of piperazine rings is 1. The summed E-state index contributed by atoms with van der Waals surface area (Å²) >= 11 is 1.36. The van der Waals surface area contributed by atoms with Gasteiger partial charge in [0.25, 0.3) is 0 Å². The van der Waals surface area contributed by atoms with Crippen LogP contribution < -0.4 is 0 Å². The van der Waals surface area contributed by atoms with Gasteiger partial charge < -0.3 is 14.5 Å². The van der Waals surface area contributed by atoms with E-state index in [4.69, 9.17) is 4.74 Å². The molecule has 138 valence electrons. The Kier molecular flexibility index (Phi) is 6.11. The lowest BCUT2D eigenvalue weighted by atomic mass is 10.3. The van der Waals surface area contributed by atoms with Crippen molar-refractivity contribution >= 4 is 23.8 Å². The maximum Gasteiger partial charge on any atom is 0.409 e. The summed E-state index contributed by atoms with van der Waals surface area (Å²) in [5.74, 6) is 0.311. The van der Waals surface area contributed by atoms with Gasteiger partial charge in [-0.3, -0.25) is 9.36 Å². The minimum atomic E-state index is -0.315. The van der Waals surface area contributed by atoms with Crippen LogP contribution in [-0.4, -0.2) is 75.1 Å². The van der Waals surface area contributed by atoms with Crippen LogP contribution >= 0.6 is 11.8 Å². The molecule has 0 N–H and O–H groups in total. The molecule has 0 radical (unpaired) electrons. The van der Waals surface area contributed by atoms with Crippen molar-refractivity contribution < 1.29 is 14.3 Å². The van der Waals surface area contributed by atoms with E-state index in [1.165, 1.54) is 11.8 Å². The molecule has 9 heteroatoms. The van der Waals surface area contributed by atoms with Gasteiger partial charge >= 0.3 is 6.09 Å². The Morgan fingerprint density at radius 1 is 1.12 bits per heavy atom. The van der Waals surface area contributed by atoms with Crippen LogP contribution in [0.15, 0.2) is 41.8 Å². The monoisotopic (exact) mass is 375 g/mol. The molecule has 0 atom stereocenters. The molecule has 2 aromatic rings. The predicted octanol–water partition coefficient (Wildman–Crippen LogP) is 1.66. The molecule has 1 aromatic heterocycles. The Morgan fingerprint density at radius 3 is 2.50 bits per heavy atom. The van der Waals surface area contributed by atoms with Crippen molar-refractivity contribution in [2.24, 2.45) is 0 Å². The van der Waals surface area contributed by atoms with Crippen molar-refractivity contribution in [1.82, 2.24) is 24.6 Å². The Labute approximate surface area is 156 Å². The van der Waals surface area contributed by atoms with Crippen LogP contribution in [-0.2, 0) is 9.53 Å². The Balaban J connectivity index is 1.52. The predicted molar refractivity (Wildman–Crippen MR) is 97.3 cm³/mol. The van der Waals surface area contributed by atoms with Crippen LogP contribution in [0.25, 0.3) is 5.69 Å². The van der Waals surface area contributed by atoms with Crippen LogP contribution in [0.1, 0.15) is 6.92 Å². The molecule has 1 aromatic carbocycles. The van der Waals surface area contributed by atoms with Gasteiger partial charge in [-0.1, -0.05) is 30.0 Å². The van der Waals surface area contributed by atoms with Gasteiger partial charge in [0.1, 0.15) is 6.33 Å². The van der Waals surface area contributed by atoms with E-state index < -0.39 is 0 Å². The number of amides is 2. The third-order valence-corrected chi connectivity index (χ3v) is 4.96. The molecule has 0 bridgehead atoms. The standard InChI is InChI=1S/C17H21N5O3S/c1-2-25-17(24)21-10-8-20(9-11-21)15(23)12-26-16-19-18-13-22(16)14-6-4-3-5-7-14/h3-7,13H,2,8-12H2,1H3. The van der Waals surface area contributed by atoms with Gasteiger partial charge in [-0.15, -0.1) is 10.2 Å². The maximum absolute atomic E-state index is 12.5. The van der Waals surface area contributed by atoms with E-state index in [9.17, 15) is 9.59 Å². The molecule has 8 nitrogen and oxygen atoms in total. The summed E-state index contributed by atoms with van der Waals surface area (Å²) in [5, 5.41) is 8.72. The molecule has 0 aliphatic carbocycles. The molecule has 0 unspecified atom stereocenters. The Hall–Kier alpha value is -2.55. The highest BCUT2D eigenvalue weighted by Crippen LogP contribution is 2.20. The maximum atomic E-state index is 12.5. The lowest BCUT2D eigenvalue weighted by Crippen LogP contribution is -2.51. The molecule has 0 spiro atoms. The second kappa shape index (κ2) is 8.70. The SMILES string of the molecule is CCOC(=O)N1CCN(C(=O)CSc2nncn2-c2ccccc2)CC1. The van der Waals surface area contributed by atoms with Crippen LogP contribution in [0.5, 0.6) is 0 Å². The van der Waals surface area contributed by atoms with Crippen LogP contribution in [0, 0.1) is 0 Å². The zero-order chi connectivity index (χ0) is 18.4. The highest BCUT2D eigenvalue weighted by atomic mass is 32.2. The number of carbonyl (C=O) groups is 2. The van der Waals surface area contributed by atoms with Crippen molar-refractivity contribution in [2.45, 2.75) is 12.1 Å². The number of ether oxygens (including phenoxy) is 1. The first-order chi connectivity index (χ1) is 12.7. The van der Waals surface area contributed by atoms with Crippen LogP contribution in [0.3, 0.4) is 0 Å². The molecule has 2 amide bonds. The summed E-state index contributed by atoms with van der Waals surface area (Å²) in [4.78, 5) is 27.6. The largest absolute Gasteiger partial charge is 0.450 e. The number of thioether (sulfide) groups is 1. The number of nitrogens with zero attached hydrogens (tertiary/aromatic N) is 5. The number of hydrogen-bond acceptors (Lipinski definition) is 6. The van der Waals surface area contributed by atoms with E-state index in [1.54, 1.807) is 23.1 Å². The summed E-state index contributed by atoms with van der Waals surface area (Å²) in [7, 11) is 0. The summed E-state index contributed by atoms with van der Waals surface area (Å²) in [6.45, 7) is 4.16. The fraction of sp³-hybridized carbons (Fsp3) is 0.412. The van der Waals surface area contributed by atoms with E-state index in [0.29, 0.717) is 37.9 Å². The summed E-state index contributed by atoms with van der Waals surface area (Å²) in [6, 6.07) is 9.75. The Morgan fingerprint density at radius 2 is 1.81 bits per heavy atom. The summed E-state index contributed by atoms with van der Waals surface area (Å²) in [6.07, 6.45) is 1.32. The average molecular weight is 375 g/mol. The van der Waals surface area contributed by atoms with E-state index in [0.717, 1.165) is 5.69 Å². The number of carbonyl (C=O) groups excluding carboxylic acids is 2. The first-order valence-electron chi connectivity index (χ1n) is 8.46. The van der Waals surface area contributed by atoms with Crippen molar-refractivity contribution in [3.05, 3.63) is 36.7 Å². The van der Waals surface area contributed by atoms with E-state index >= 15 is 0 Å². The highest BCUT2D eigenvalue weighted by molar-refractivity contribution is 7.99. The Bertz CT molecular complexity index is 744. The molecule has 2 heterocycles. The van der Waals surface area contributed by atoms with Crippen LogP contribution in [0.2, 0.25) is 0 Å². The van der Waals surface area contributed by atoms with Gasteiger partial charge in [0, 0.05) is 31.9 Å². The molecule has 1 aliphatic rings. The molecule has 3 rings (SSSR count). The van der Waals surface area contributed by atoms with Crippen molar-refractivity contribution in [1.29, 1.82) is 0 Å². The lowest BCUT2D eigenvalue weighted by Gasteiger charge is -2.34. The fourth-order valence-corrected chi connectivity index (χ4v) is 3.49. The molecule has 0 saturated carbocycles. The quantitative estimate of drug-likeness (QED) is 0.740. The third-order valence-electron chi connectivity index (χ3n) is 4.03. The van der Waals surface area contributed by atoms with Crippen molar-refractivity contribution in [2.75, 3.05) is 38.5 Å². The number of rotatable bonds is 5. The normalized spacial score (nSPS) is 14.3. The topological polar surface area (TPSA) is 80.6 Å². The number of hydrogen-bond donors (Lipinski definition) is 0. The summed E-state index contributed by atoms with van der Waals surface area (Å²) < 4.78 is 6.85. The minimum Gasteiger partial charge on any atom is -0.450 e. The van der Waals surface area contributed by atoms with Gasteiger partial charge in [-0.05, 0) is 19.1 Å². The number of para-hydroxylation sites is 1. The molecule has 26 heavy (non-hydrogen) atoms. The number of benzene rings is 1. The fourth-order valence-electron chi connectivity index (χ4n) is 2.66. The summed E-state index contributed by atoms with van der Waals surface area (Å²) in [5.41, 5.74) is 0.954. The van der Waals surface area contributed by atoms with Crippen LogP contribution in [0.4, 0.5) is 4.79 Å². The van der Waals surface area contributed by atoms with E-state index in [-0.39, 0.29) is 17.8 Å². The average Bonchev–Trinajstić information content (AvgIpc) is 3.16. The van der Waals surface area contributed by atoms with Gasteiger partial charge in [0.2, 0.25) is 5.91 Å². The molecule has 1 saturated heterocycles. The zero-order valence-corrected chi connectivity index (χ0v) is 15.4. The second-order valence-corrected chi connectivity index (χ2v) is 6.62. The van der Waals surface area contributed by atoms with Crippen molar-refractivity contribution in [3.63, 3.8) is 0 Å². The zero-order valence-electron chi connectivity index (χ0n) is 14.6. The lowest BCUT2D eigenvalue weighted by molar-refractivity contribution is -0.129.